The highest BCUT2D eigenvalue weighted by molar-refractivity contribution is 5.94. The summed E-state index contributed by atoms with van der Waals surface area (Å²) < 4.78 is 86.5. The zero-order valence-corrected chi connectivity index (χ0v) is 24.2. The van der Waals surface area contributed by atoms with Crippen molar-refractivity contribution in [3.63, 3.8) is 0 Å². The Morgan fingerprint density at radius 2 is 1.65 bits per heavy atom. The molecule has 0 aliphatic carbocycles. The molecule has 0 saturated heterocycles. The lowest BCUT2D eigenvalue weighted by Crippen LogP contribution is -2.43. The summed E-state index contributed by atoms with van der Waals surface area (Å²) in [6.07, 6.45) is -9.10. The molecule has 248 valence electrons. The second-order valence-electron chi connectivity index (χ2n) is 9.92. The maximum absolute atomic E-state index is 12.8. The number of hydrogen-bond acceptors (Lipinski definition) is 10. The number of amides is 2. The summed E-state index contributed by atoms with van der Waals surface area (Å²) in [5, 5.41) is 10.4. The molecule has 46 heavy (non-hydrogen) atoms. The van der Waals surface area contributed by atoms with E-state index in [1.54, 1.807) is 29.2 Å². The lowest BCUT2D eigenvalue weighted by Gasteiger charge is -2.23. The first-order valence-corrected chi connectivity index (χ1v) is 14.0. The monoisotopic (exact) mass is 656 g/mol. The van der Waals surface area contributed by atoms with Crippen molar-refractivity contribution in [2.75, 3.05) is 56.6 Å². The topological polar surface area (TPSA) is 143 Å². The molecule has 0 radical (unpaired) electrons. The molecule has 0 unspecified atom stereocenters. The summed E-state index contributed by atoms with van der Waals surface area (Å²) in [6, 6.07) is 12.5. The average Bonchev–Trinajstić information content (AvgIpc) is 3.00. The molecule has 0 fully saturated rings. The number of aromatic nitrogens is 3. The Kier molecular flexibility index (Phi) is 11.4. The minimum absolute atomic E-state index is 0.0492. The van der Waals surface area contributed by atoms with Gasteiger partial charge in [-0.25, -0.2) is 0 Å². The molecule has 0 saturated carbocycles. The highest BCUT2D eigenvalue weighted by Gasteiger charge is 2.38. The van der Waals surface area contributed by atoms with Gasteiger partial charge in [0.25, 0.3) is 5.91 Å². The molecule has 3 aromatic rings. The second-order valence-corrected chi connectivity index (χ2v) is 9.92. The SMILES string of the molecule is O=C1NCCN(CCNC(=O)C(F)(F)F)CCCOc2ccc(cc2)CNc2nc(nc(OCC(F)(F)F)n2)Nc2ccc1cc2. The normalized spacial score (nSPS) is 15.2. The van der Waals surface area contributed by atoms with Gasteiger partial charge in [-0.2, -0.15) is 41.3 Å². The number of rotatable bonds is 5. The number of alkyl halides is 6. The van der Waals surface area contributed by atoms with Gasteiger partial charge >= 0.3 is 24.3 Å². The van der Waals surface area contributed by atoms with Crippen molar-refractivity contribution in [1.82, 2.24) is 30.5 Å². The summed E-state index contributed by atoms with van der Waals surface area (Å²) in [7, 11) is 0. The van der Waals surface area contributed by atoms with Crippen molar-refractivity contribution < 1.29 is 45.4 Å². The number of halogens is 6. The third-order valence-electron chi connectivity index (χ3n) is 6.33. The third-order valence-corrected chi connectivity index (χ3v) is 6.33. The van der Waals surface area contributed by atoms with Gasteiger partial charge in [0.2, 0.25) is 11.9 Å². The van der Waals surface area contributed by atoms with Gasteiger partial charge in [-0.1, -0.05) is 12.1 Å². The first-order valence-electron chi connectivity index (χ1n) is 14.0. The molecule has 2 amide bonds. The Balaban J connectivity index is 1.49. The highest BCUT2D eigenvalue weighted by atomic mass is 19.4. The van der Waals surface area contributed by atoms with Gasteiger partial charge in [-0.05, 0) is 48.4 Å². The van der Waals surface area contributed by atoms with Crippen molar-refractivity contribution in [1.29, 1.82) is 0 Å². The minimum Gasteiger partial charge on any atom is -0.494 e. The molecule has 18 heteroatoms. The van der Waals surface area contributed by atoms with Crippen LogP contribution in [0, 0.1) is 0 Å². The fraction of sp³-hybridized carbons (Fsp3) is 0.393. The lowest BCUT2D eigenvalue weighted by atomic mass is 10.2. The molecule has 1 aromatic heterocycles. The number of benzene rings is 2. The van der Waals surface area contributed by atoms with Crippen LogP contribution in [0.4, 0.5) is 43.9 Å². The van der Waals surface area contributed by atoms with E-state index >= 15 is 0 Å². The molecule has 4 aliphatic heterocycles. The van der Waals surface area contributed by atoms with E-state index in [1.807, 2.05) is 5.32 Å². The van der Waals surface area contributed by atoms with Gasteiger partial charge in [-0.3, -0.25) is 14.5 Å². The number of carbonyl (C=O) groups is 2. The first kappa shape index (κ1) is 34.0. The Morgan fingerprint density at radius 1 is 0.935 bits per heavy atom. The summed E-state index contributed by atoms with van der Waals surface area (Å²) in [5.74, 6) is -2.05. The number of nitrogens with zero attached hydrogens (tertiary/aromatic N) is 4. The Morgan fingerprint density at radius 3 is 2.35 bits per heavy atom. The van der Waals surface area contributed by atoms with Gasteiger partial charge in [0.15, 0.2) is 6.61 Å². The second kappa shape index (κ2) is 15.4. The summed E-state index contributed by atoms with van der Waals surface area (Å²) in [4.78, 5) is 37.7. The van der Waals surface area contributed by atoms with Crippen LogP contribution >= 0.6 is 0 Å². The Labute approximate surface area is 258 Å². The molecule has 0 spiro atoms. The molecule has 4 N–H and O–H groups in total. The Hall–Kier alpha value is -4.87. The zero-order valence-electron chi connectivity index (χ0n) is 24.2. The van der Waals surface area contributed by atoms with Crippen LogP contribution in [0.2, 0.25) is 0 Å². The predicted molar refractivity (Wildman–Crippen MR) is 153 cm³/mol. The van der Waals surface area contributed by atoms with Crippen molar-refractivity contribution >= 4 is 29.4 Å². The van der Waals surface area contributed by atoms with E-state index in [9.17, 15) is 35.9 Å². The third kappa shape index (κ3) is 11.2. The maximum Gasteiger partial charge on any atom is 0.471 e. The molecule has 7 rings (SSSR count). The van der Waals surface area contributed by atoms with Gasteiger partial charge in [0.05, 0.1) is 6.61 Å². The van der Waals surface area contributed by atoms with E-state index in [4.69, 9.17) is 9.47 Å². The van der Waals surface area contributed by atoms with E-state index in [-0.39, 0.29) is 56.8 Å². The summed E-state index contributed by atoms with van der Waals surface area (Å²) in [5.41, 5.74) is 1.48. The average molecular weight is 657 g/mol. The largest absolute Gasteiger partial charge is 0.494 e. The minimum atomic E-state index is -4.98. The number of nitrogens with one attached hydrogen (secondary N) is 4. The molecule has 5 heterocycles. The first-order chi connectivity index (χ1) is 21.8. The molecule has 0 atom stereocenters. The number of anilines is 3. The van der Waals surface area contributed by atoms with Crippen LogP contribution in [0.15, 0.2) is 48.5 Å². The maximum atomic E-state index is 12.8. The van der Waals surface area contributed by atoms with Gasteiger partial charge < -0.3 is 30.7 Å². The van der Waals surface area contributed by atoms with Crippen molar-refractivity contribution in [3.8, 4) is 11.8 Å². The standard InChI is InChI=1S/C28H30F6N8O4/c29-27(30,31)17-46-26-40-24-37-16-18-2-8-21(9-3-18)45-15-1-12-42(14-11-36-23(44)28(32,33)34)13-10-35-22(43)19-4-6-20(7-5-19)38-25(39-24)41-26/h2-9H,1,10-17H2,(H,35,43)(H,36,44)(H2,37,38,39,40,41). The molecular weight excluding hydrogens is 626 g/mol. The van der Waals surface area contributed by atoms with E-state index in [0.29, 0.717) is 24.4 Å². The van der Waals surface area contributed by atoms with E-state index < -0.39 is 36.8 Å². The fourth-order valence-corrected chi connectivity index (χ4v) is 4.09. The number of ether oxygens (including phenoxy) is 2. The van der Waals surface area contributed by atoms with Crippen LogP contribution in [0.25, 0.3) is 0 Å². The predicted octanol–water partition coefficient (Wildman–Crippen LogP) is 3.66. The molecule has 6 bridgehead atoms. The van der Waals surface area contributed by atoms with Gasteiger partial charge in [0, 0.05) is 50.5 Å². The van der Waals surface area contributed by atoms with Crippen LogP contribution in [-0.4, -0.2) is 90.0 Å². The molecule has 4 aliphatic rings. The van der Waals surface area contributed by atoms with E-state index in [1.165, 1.54) is 24.3 Å². The van der Waals surface area contributed by atoms with E-state index in [2.05, 4.69) is 30.9 Å². The quantitative estimate of drug-likeness (QED) is 0.301. The van der Waals surface area contributed by atoms with Gasteiger partial charge in [-0.15, -0.1) is 0 Å². The van der Waals surface area contributed by atoms with Crippen LogP contribution in [0.1, 0.15) is 22.3 Å². The smallest absolute Gasteiger partial charge is 0.471 e. The van der Waals surface area contributed by atoms with Crippen molar-refractivity contribution in [2.45, 2.75) is 25.3 Å². The summed E-state index contributed by atoms with van der Waals surface area (Å²) >= 11 is 0. The Bertz CT molecular complexity index is 1460. The highest BCUT2D eigenvalue weighted by Crippen LogP contribution is 2.21. The zero-order chi connectivity index (χ0) is 33.2. The van der Waals surface area contributed by atoms with E-state index in [0.717, 1.165) is 5.56 Å². The molecular formula is C28H30F6N8O4. The summed E-state index contributed by atoms with van der Waals surface area (Å²) in [6.45, 7) is -0.385. The number of carbonyl (C=O) groups excluding carboxylic acids is 2. The van der Waals surface area contributed by atoms with Crippen molar-refractivity contribution in [3.05, 3.63) is 59.7 Å². The van der Waals surface area contributed by atoms with Crippen LogP contribution < -0.4 is 30.7 Å². The van der Waals surface area contributed by atoms with Gasteiger partial charge in [0.1, 0.15) is 5.75 Å². The van der Waals surface area contributed by atoms with Crippen LogP contribution in [-0.2, 0) is 11.3 Å². The van der Waals surface area contributed by atoms with Crippen molar-refractivity contribution in [2.24, 2.45) is 0 Å². The lowest BCUT2D eigenvalue weighted by molar-refractivity contribution is -0.173. The molecule has 12 nitrogen and oxygen atoms in total. The molecule has 2 aromatic carbocycles. The number of hydrogen-bond donors (Lipinski definition) is 4. The fourth-order valence-electron chi connectivity index (χ4n) is 4.09. The van der Waals surface area contributed by atoms with Crippen LogP contribution in [0.5, 0.6) is 11.8 Å². The van der Waals surface area contributed by atoms with Crippen LogP contribution in [0.3, 0.4) is 0 Å².